The van der Waals surface area contributed by atoms with Crippen LogP contribution in [0.4, 0.5) is 5.13 Å². The minimum Gasteiger partial charge on any atom is -0.347 e. The predicted molar refractivity (Wildman–Crippen MR) is 66.1 cm³/mol. The summed E-state index contributed by atoms with van der Waals surface area (Å²) in [5.74, 6) is -0.346. The number of anilines is 1. The number of rotatable bonds is 4. The summed E-state index contributed by atoms with van der Waals surface area (Å²) in [4.78, 5) is 28.1. The minimum atomic E-state index is -0.223. The molecule has 1 aliphatic rings. The predicted octanol–water partition coefficient (Wildman–Crippen LogP) is 1.10. The maximum Gasteiger partial charge on any atom is 0.245 e. The molecule has 1 heterocycles. The smallest absolute Gasteiger partial charge is 0.245 e. The van der Waals surface area contributed by atoms with E-state index in [2.05, 4.69) is 15.6 Å². The van der Waals surface area contributed by atoms with Crippen molar-refractivity contribution in [2.45, 2.75) is 32.6 Å². The Morgan fingerprint density at radius 3 is 2.88 bits per heavy atom. The van der Waals surface area contributed by atoms with E-state index in [0.29, 0.717) is 11.6 Å². The van der Waals surface area contributed by atoms with Crippen molar-refractivity contribution < 1.29 is 9.59 Å². The van der Waals surface area contributed by atoms with E-state index >= 15 is 0 Å². The Morgan fingerprint density at radius 1 is 1.35 bits per heavy atom. The molecule has 2 N–H and O–H groups in total. The van der Waals surface area contributed by atoms with E-state index in [1.165, 1.54) is 16.2 Å². The van der Waals surface area contributed by atoms with Crippen LogP contribution in [0.25, 0.3) is 0 Å². The van der Waals surface area contributed by atoms with E-state index in [1.807, 2.05) is 0 Å². The lowest BCUT2D eigenvalue weighted by molar-refractivity contribution is -0.123. The molecule has 0 unspecified atom stereocenters. The van der Waals surface area contributed by atoms with Crippen molar-refractivity contribution in [3.8, 4) is 0 Å². The molecule has 0 saturated carbocycles. The van der Waals surface area contributed by atoms with Crippen LogP contribution in [0.2, 0.25) is 0 Å². The fourth-order valence-electron chi connectivity index (χ4n) is 1.71. The van der Waals surface area contributed by atoms with Crippen LogP contribution in [-0.2, 0) is 22.4 Å². The van der Waals surface area contributed by atoms with Gasteiger partial charge in [0, 0.05) is 11.3 Å². The molecule has 0 bridgehead atoms. The molecule has 0 radical (unpaired) electrons. The number of nitrogens with one attached hydrogen (secondary N) is 2. The summed E-state index contributed by atoms with van der Waals surface area (Å²) in [6.45, 7) is 1.76. The fraction of sp³-hybridized carbons (Fsp3) is 0.545. The van der Waals surface area contributed by atoms with Gasteiger partial charge in [0.2, 0.25) is 11.8 Å². The number of aromatic nitrogens is 1. The largest absolute Gasteiger partial charge is 0.347 e. The molecule has 0 aromatic carbocycles. The lowest BCUT2D eigenvalue weighted by Crippen LogP contribution is -2.32. The van der Waals surface area contributed by atoms with Crippen LogP contribution >= 0.6 is 11.3 Å². The number of thiazole rings is 1. The van der Waals surface area contributed by atoms with E-state index in [4.69, 9.17) is 0 Å². The van der Waals surface area contributed by atoms with E-state index in [-0.39, 0.29) is 18.4 Å². The first-order valence-corrected chi connectivity index (χ1v) is 6.56. The minimum absolute atomic E-state index is 0.0108. The highest BCUT2D eigenvalue weighted by molar-refractivity contribution is 7.15. The Bertz CT molecular complexity index is 420. The molecule has 0 saturated heterocycles. The molecule has 5 nitrogen and oxygen atoms in total. The number of hydrogen-bond donors (Lipinski definition) is 2. The topological polar surface area (TPSA) is 71.1 Å². The third-order valence-corrected chi connectivity index (χ3v) is 3.68. The van der Waals surface area contributed by atoms with Gasteiger partial charge in [0.15, 0.2) is 5.13 Å². The van der Waals surface area contributed by atoms with Crippen molar-refractivity contribution in [1.29, 1.82) is 0 Å². The van der Waals surface area contributed by atoms with Crippen molar-refractivity contribution in [1.82, 2.24) is 10.3 Å². The van der Waals surface area contributed by atoms with Gasteiger partial charge >= 0.3 is 0 Å². The molecule has 0 spiro atoms. The number of carbonyl (C=O) groups excluding carboxylic acids is 2. The Morgan fingerprint density at radius 2 is 2.18 bits per heavy atom. The van der Waals surface area contributed by atoms with Crippen molar-refractivity contribution in [3.63, 3.8) is 0 Å². The summed E-state index contributed by atoms with van der Waals surface area (Å²) >= 11 is 1.53. The SMILES string of the molecule is CCC(=O)NCC(=O)Nc1nc2c(s1)CCC2. The van der Waals surface area contributed by atoms with Crippen LogP contribution in [0, 0.1) is 0 Å². The van der Waals surface area contributed by atoms with Crippen molar-refractivity contribution in [3.05, 3.63) is 10.6 Å². The molecule has 0 atom stereocenters. The zero-order valence-corrected chi connectivity index (χ0v) is 10.5. The number of fused-ring (bicyclic) bond motifs is 1. The van der Waals surface area contributed by atoms with Crippen molar-refractivity contribution in [2.75, 3.05) is 11.9 Å². The van der Waals surface area contributed by atoms with Gasteiger partial charge in [-0.05, 0) is 19.3 Å². The molecule has 0 aliphatic heterocycles. The van der Waals surface area contributed by atoms with Crippen LogP contribution in [-0.4, -0.2) is 23.3 Å². The Hall–Kier alpha value is -1.43. The van der Waals surface area contributed by atoms with Crippen molar-refractivity contribution in [2.24, 2.45) is 0 Å². The van der Waals surface area contributed by atoms with Crippen LogP contribution < -0.4 is 10.6 Å². The van der Waals surface area contributed by atoms with Crippen LogP contribution in [0.15, 0.2) is 0 Å². The second kappa shape index (κ2) is 5.27. The maximum absolute atomic E-state index is 11.5. The number of nitrogens with zero attached hydrogens (tertiary/aromatic N) is 1. The Balaban J connectivity index is 1.83. The van der Waals surface area contributed by atoms with Gasteiger partial charge in [-0.2, -0.15) is 0 Å². The Labute approximate surface area is 104 Å². The summed E-state index contributed by atoms with van der Waals surface area (Å²) in [6, 6.07) is 0. The molecule has 1 aromatic rings. The molecule has 2 amide bonds. The molecule has 17 heavy (non-hydrogen) atoms. The lowest BCUT2D eigenvalue weighted by Gasteiger charge is -2.03. The van der Waals surface area contributed by atoms with Crippen molar-refractivity contribution >= 4 is 28.3 Å². The first-order valence-electron chi connectivity index (χ1n) is 5.74. The van der Waals surface area contributed by atoms with E-state index < -0.39 is 0 Å². The highest BCUT2D eigenvalue weighted by Crippen LogP contribution is 2.30. The van der Waals surface area contributed by atoms with Crippen LogP contribution in [0.1, 0.15) is 30.3 Å². The summed E-state index contributed by atoms with van der Waals surface area (Å²) in [6.07, 6.45) is 3.62. The normalized spacial score (nSPS) is 13.2. The average molecular weight is 253 g/mol. The number of aryl methyl sites for hydroxylation is 2. The van der Waals surface area contributed by atoms with E-state index in [1.54, 1.807) is 6.92 Å². The second-order valence-electron chi connectivity index (χ2n) is 3.92. The third kappa shape index (κ3) is 3.03. The van der Waals surface area contributed by atoms with Gasteiger partial charge in [0.05, 0.1) is 12.2 Å². The van der Waals surface area contributed by atoms with E-state index in [9.17, 15) is 9.59 Å². The highest BCUT2D eigenvalue weighted by Gasteiger charge is 2.17. The highest BCUT2D eigenvalue weighted by atomic mass is 32.1. The van der Waals surface area contributed by atoms with Gasteiger partial charge in [-0.15, -0.1) is 11.3 Å². The second-order valence-corrected chi connectivity index (χ2v) is 5.00. The van der Waals surface area contributed by atoms with Gasteiger partial charge in [-0.1, -0.05) is 6.92 Å². The standard InChI is InChI=1S/C11H15N3O2S/c1-2-9(15)12-6-10(16)14-11-13-7-4-3-5-8(7)17-11/h2-6H2,1H3,(H,12,15)(H,13,14,16). The fourth-order valence-corrected chi connectivity index (χ4v) is 2.78. The average Bonchev–Trinajstić information content (AvgIpc) is 2.86. The number of carbonyl (C=O) groups is 2. The monoisotopic (exact) mass is 253 g/mol. The summed E-state index contributed by atoms with van der Waals surface area (Å²) < 4.78 is 0. The summed E-state index contributed by atoms with van der Waals surface area (Å²) in [5, 5.41) is 5.88. The molecule has 0 fully saturated rings. The van der Waals surface area contributed by atoms with Gasteiger partial charge in [-0.3, -0.25) is 9.59 Å². The summed E-state index contributed by atoms with van der Waals surface area (Å²) in [7, 11) is 0. The third-order valence-electron chi connectivity index (χ3n) is 2.61. The molecule has 92 valence electrons. The summed E-state index contributed by atoms with van der Waals surface area (Å²) in [5.41, 5.74) is 1.11. The first-order chi connectivity index (χ1) is 8.19. The molecule has 1 aliphatic carbocycles. The van der Waals surface area contributed by atoms with Crippen LogP contribution in [0.3, 0.4) is 0 Å². The molecular weight excluding hydrogens is 238 g/mol. The zero-order chi connectivity index (χ0) is 12.3. The lowest BCUT2D eigenvalue weighted by atomic mass is 10.4. The van der Waals surface area contributed by atoms with Gasteiger partial charge in [-0.25, -0.2) is 4.98 Å². The molecule has 6 heteroatoms. The quantitative estimate of drug-likeness (QED) is 0.844. The van der Waals surface area contributed by atoms with Crippen LogP contribution in [0.5, 0.6) is 0 Å². The molecule has 1 aromatic heterocycles. The Kier molecular flexibility index (Phi) is 3.73. The van der Waals surface area contributed by atoms with E-state index in [0.717, 1.165) is 25.0 Å². The number of hydrogen-bond acceptors (Lipinski definition) is 4. The first kappa shape index (κ1) is 12.0. The molecule has 2 rings (SSSR count). The number of amides is 2. The van der Waals surface area contributed by atoms with Gasteiger partial charge in [0.1, 0.15) is 0 Å². The molecular formula is C11H15N3O2S. The maximum atomic E-state index is 11.5. The zero-order valence-electron chi connectivity index (χ0n) is 9.71. The van der Waals surface area contributed by atoms with Gasteiger partial charge < -0.3 is 10.6 Å². The van der Waals surface area contributed by atoms with Gasteiger partial charge in [0.25, 0.3) is 0 Å².